The molecule has 4 rings (SSSR count). The molecule has 0 saturated heterocycles. The molecule has 3 N–H and O–H groups in total. The topological polar surface area (TPSA) is 77.8 Å². The molecular formula is C31H52O4. The molecule has 0 heterocycles. The molecule has 3 saturated carbocycles. The Kier molecular flexibility index (Phi) is 6.66. The van der Waals surface area contributed by atoms with Crippen molar-refractivity contribution < 1.29 is 20.1 Å². The Hall–Kier alpha value is -0.870. The highest BCUT2D eigenvalue weighted by molar-refractivity contribution is 5.74. The molecule has 4 nitrogen and oxygen atoms in total. The van der Waals surface area contributed by atoms with Gasteiger partial charge in [0.05, 0.1) is 17.6 Å². The van der Waals surface area contributed by atoms with Gasteiger partial charge in [0, 0.05) is 0 Å². The predicted molar refractivity (Wildman–Crippen MR) is 141 cm³/mol. The Morgan fingerprint density at radius 2 is 1.60 bits per heavy atom. The molecule has 0 spiro atoms. The lowest BCUT2D eigenvalue weighted by Gasteiger charge is -2.69. The largest absolute Gasteiger partial charge is 0.481 e. The molecule has 4 aliphatic rings. The van der Waals surface area contributed by atoms with Gasteiger partial charge < -0.3 is 15.3 Å². The first-order chi connectivity index (χ1) is 16.0. The number of carboxylic acids is 1. The highest BCUT2D eigenvalue weighted by Crippen LogP contribution is 2.72. The van der Waals surface area contributed by atoms with Gasteiger partial charge in [-0.1, -0.05) is 60.1 Å². The van der Waals surface area contributed by atoms with Crippen molar-refractivity contribution >= 4 is 5.97 Å². The third-order valence-corrected chi connectivity index (χ3v) is 13.1. The maximum atomic E-state index is 12.7. The van der Waals surface area contributed by atoms with Crippen molar-refractivity contribution in [2.45, 2.75) is 125 Å². The highest BCUT2D eigenvalue weighted by atomic mass is 16.4. The van der Waals surface area contributed by atoms with Crippen LogP contribution in [0.2, 0.25) is 0 Å². The molecule has 0 amide bonds. The van der Waals surface area contributed by atoms with Gasteiger partial charge in [0.15, 0.2) is 0 Å². The molecule has 4 heteroatoms. The number of carbonyl (C=O) groups is 1. The van der Waals surface area contributed by atoms with Gasteiger partial charge in [-0.05, 0) is 110 Å². The maximum Gasteiger partial charge on any atom is 0.309 e. The van der Waals surface area contributed by atoms with Crippen molar-refractivity contribution in [2.75, 3.05) is 0 Å². The monoisotopic (exact) mass is 488 g/mol. The van der Waals surface area contributed by atoms with E-state index in [0.717, 1.165) is 51.4 Å². The van der Waals surface area contributed by atoms with Crippen LogP contribution in [0.1, 0.15) is 113 Å². The SMILES string of the molecule is CC1=CC[C@@H]2[C@@]3(C)C[C@@H](O)[C@H](O)C(C)(C)[C@@H]3CC[C@@]2(C)[C@]1(C)CC[C@@]1(C(=O)O)CC[C@@H](C)[C@H](C)C1. The summed E-state index contributed by atoms with van der Waals surface area (Å²) in [6.45, 7) is 18.4. The first kappa shape index (κ1) is 27.2. The van der Waals surface area contributed by atoms with Crippen molar-refractivity contribution in [3.63, 3.8) is 0 Å². The van der Waals surface area contributed by atoms with Crippen LogP contribution in [0.25, 0.3) is 0 Å². The Balaban J connectivity index is 1.68. The zero-order valence-electron chi connectivity index (χ0n) is 23.7. The quantitative estimate of drug-likeness (QED) is 0.379. The first-order valence-electron chi connectivity index (χ1n) is 14.3. The summed E-state index contributed by atoms with van der Waals surface area (Å²) in [6.07, 6.45) is 9.14. The van der Waals surface area contributed by atoms with Crippen molar-refractivity contribution in [1.82, 2.24) is 0 Å². The normalized spacial score (nSPS) is 51.7. The van der Waals surface area contributed by atoms with Gasteiger partial charge in [0.25, 0.3) is 0 Å². The van der Waals surface area contributed by atoms with E-state index >= 15 is 0 Å². The minimum absolute atomic E-state index is 0.0441. The Bertz CT molecular complexity index is 877. The fourth-order valence-electron chi connectivity index (χ4n) is 10.1. The molecule has 0 bridgehead atoms. The van der Waals surface area contributed by atoms with E-state index in [1.165, 1.54) is 5.57 Å². The minimum Gasteiger partial charge on any atom is -0.481 e. The number of hydrogen-bond acceptors (Lipinski definition) is 3. The summed E-state index contributed by atoms with van der Waals surface area (Å²) < 4.78 is 0. The fourth-order valence-corrected chi connectivity index (χ4v) is 10.1. The van der Waals surface area contributed by atoms with Gasteiger partial charge >= 0.3 is 5.97 Å². The van der Waals surface area contributed by atoms with Gasteiger partial charge in [0.1, 0.15) is 0 Å². The van der Waals surface area contributed by atoms with E-state index in [4.69, 9.17) is 0 Å². The summed E-state index contributed by atoms with van der Waals surface area (Å²) >= 11 is 0. The van der Waals surface area contributed by atoms with E-state index in [1.54, 1.807) is 0 Å². The second-order valence-electron chi connectivity index (χ2n) is 14.8. The second kappa shape index (κ2) is 8.58. The van der Waals surface area contributed by atoms with Crippen molar-refractivity contribution in [2.24, 2.45) is 50.7 Å². The molecule has 0 unspecified atom stereocenters. The van der Waals surface area contributed by atoms with Crippen LogP contribution in [0.5, 0.6) is 0 Å². The highest BCUT2D eigenvalue weighted by Gasteiger charge is 2.66. The lowest BCUT2D eigenvalue weighted by atomic mass is 9.36. The molecule has 4 aliphatic carbocycles. The number of carboxylic acid groups (broad SMARTS) is 1. The van der Waals surface area contributed by atoms with Crippen LogP contribution in [0.15, 0.2) is 11.6 Å². The van der Waals surface area contributed by atoms with E-state index < -0.39 is 23.6 Å². The smallest absolute Gasteiger partial charge is 0.309 e. The summed E-state index contributed by atoms with van der Waals surface area (Å²) in [4.78, 5) is 12.7. The van der Waals surface area contributed by atoms with Gasteiger partial charge in [0.2, 0.25) is 0 Å². The summed E-state index contributed by atoms with van der Waals surface area (Å²) in [5.74, 6) is 1.23. The van der Waals surface area contributed by atoms with Crippen LogP contribution in [-0.2, 0) is 4.79 Å². The number of rotatable bonds is 4. The lowest BCUT2D eigenvalue weighted by molar-refractivity contribution is -0.227. The lowest BCUT2D eigenvalue weighted by Crippen LogP contribution is -2.65. The van der Waals surface area contributed by atoms with E-state index in [0.29, 0.717) is 30.1 Å². The molecule has 0 aromatic rings. The number of aliphatic hydroxyl groups excluding tert-OH is 2. The van der Waals surface area contributed by atoms with E-state index in [9.17, 15) is 20.1 Å². The number of aliphatic hydroxyl groups is 2. The number of aliphatic carboxylic acids is 1. The standard InChI is InChI=1S/C31H52O4/c1-19-11-14-31(26(34)35,17-20(19)2)16-15-29(7)21(3)9-10-24-28(6)18-22(32)25(33)27(4,5)23(28)12-13-30(24,29)8/h9,19-20,22-25,32-33H,10-18H2,1-8H3,(H,34,35)/t19-,20-,22-,23+,24-,25+,28+,29-,30-,31+/m1/s1. The minimum atomic E-state index is -0.687. The average molecular weight is 489 g/mol. The van der Waals surface area contributed by atoms with Gasteiger partial charge in [-0.25, -0.2) is 0 Å². The molecule has 0 aromatic carbocycles. The Morgan fingerprint density at radius 1 is 0.943 bits per heavy atom. The molecule has 0 radical (unpaired) electrons. The first-order valence-corrected chi connectivity index (χ1v) is 14.3. The van der Waals surface area contributed by atoms with Crippen LogP contribution in [0, 0.1) is 50.7 Å². The Labute approximate surface area is 214 Å². The molecule has 35 heavy (non-hydrogen) atoms. The molecular weight excluding hydrogens is 436 g/mol. The second-order valence-corrected chi connectivity index (χ2v) is 14.8. The van der Waals surface area contributed by atoms with Crippen LogP contribution in [-0.4, -0.2) is 33.5 Å². The van der Waals surface area contributed by atoms with Crippen molar-refractivity contribution in [3.05, 3.63) is 11.6 Å². The third-order valence-electron chi connectivity index (χ3n) is 13.1. The average Bonchev–Trinajstić information content (AvgIpc) is 2.76. The van der Waals surface area contributed by atoms with E-state index in [-0.39, 0.29) is 21.7 Å². The van der Waals surface area contributed by atoms with E-state index in [2.05, 4.69) is 61.5 Å². The predicted octanol–water partition coefficient (Wildman–Crippen LogP) is 6.84. The van der Waals surface area contributed by atoms with Gasteiger partial charge in [-0.3, -0.25) is 4.79 Å². The Morgan fingerprint density at radius 3 is 2.20 bits per heavy atom. The van der Waals surface area contributed by atoms with Crippen molar-refractivity contribution in [3.8, 4) is 0 Å². The van der Waals surface area contributed by atoms with Gasteiger partial charge in [-0.2, -0.15) is 0 Å². The summed E-state index contributed by atoms with van der Waals surface area (Å²) in [5.41, 5.74) is 0.431. The van der Waals surface area contributed by atoms with Gasteiger partial charge in [-0.15, -0.1) is 0 Å². The number of hydrogen-bond donors (Lipinski definition) is 3. The molecule has 10 atom stereocenters. The van der Waals surface area contributed by atoms with Crippen LogP contribution in [0.4, 0.5) is 0 Å². The maximum absolute atomic E-state index is 12.7. The summed E-state index contributed by atoms with van der Waals surface area (Å²) in [5, 5.41) is 32.3. The summed E-state index contributed by atoms with van der Waals surface area (Å²) in [7, 11) is 0. The molecule has 200 valence electrons. The van der Waals surface area contributed by atoms with Crippen LogP contribution >= 0.6 is 0 Å². The van der Waals surface area contributed by atoms with Crippen LogP contribution in [0.3, 0.4) is 0 Å². The zero-order chi connectivity index (χ0) is 26.2. The number of fused-ring (bicyclic) bond motifs is 3. The molecule has 0 aromatic heterocycles. The molecule has 3 fully saturated rings. The zero-order valence-corrected chi connectivity index (χ0v) is 23.7. The number of allylic oxidation sites excluding steroid dienone is 2. The van der Waals surface area contributed by atoms with Crippen molar-refractivity contribution in [1.29, 1.82) is 0 Å². The third kappa shape index (κ3) is 3.78. The molecule has 0 aliphatic heterocycles. The fraction of sp³-hybridized carbons (Fsp3) is 0.903. The summed E-state index contributed by atoms with van der Waals surface area (Å²) in [6, 6.07) is 0. The van der Waals surface area contributed by atoms with Crippen LogP contribution < -0.4 is 0 Å². The van der Waals surface area contributed by atoms with E-state index in [1.807, 2.05) is 0 Å².